The van der Waals surface area contributed by atoms with Crippen LogP contribution in [0.15, 0.2) is 10.6 Å². The molecule has 0 amide bonds. The van der Waals surface area contributed by atoms with Gasteiger partial charge in [-0.2, -0.15) is 0 Å². The monoisotopic (exact) mass is 188 g/mol. The van der Waals surface area contributed by atoms with Gasteiger partial charge in [-0.05, 0) is 6.42 Å². The maximum atomic E-state index is 10.0. The molecule has 1 atom stereocenters. The first-order valence-corrected chi connectivity index (χ1v) is 4.28. The van der Waals surface area contributed by atoms with E-state index < -0.39 is 11.1 Å². The molecule has 0 rings (SSSR count). The van der Waals surface area contributed by atoms with Crippen LogP contribution in [-0.4, -0.2) is 14.5 Å². The van der Waals surface area contributed by atoms with Crippen LogP contribution in [0.2, 0.25) is 0 Å². The Morgan fingerprint density at radius 1 is 1.78 bits per heavy atom. The SMILES string of the molecule is O=S(O)CCC(Cl)=CCl. The fraction of sp³-hybridized carbons (Fsp3) is 0.500. The predicted octanol–water partition coefficient (Wildman–Crippen LogP) is 1.92. The molecule has 0 aliphatic heterocycles. The van der Waals surface area contributed by atoms with Crippen molar-refractivity contribution in [3.05, 3.63) is 10.6 Å². The smallest absolute Gasteiger partial charge is 0.153 e. The summed E-state index contributed by atoms with van der Waals surface area (Å²) in [5.41, 5.74) is 1.19. The van der Waals surface area contributed by atoms with Crippen LogP contribution in [-0.2, 0) is 11.1 Å². The summed E-state index contributed by atoms with van der Waals surface area (Å²) in [6.07, 6.45) is 0.355. The van der Waals surface area contributed by atoms with Crippen molar-refractivity contribution < 1.29 is 8.76 Å². The van der Waals surface area contributed by atoms with E-state index in [1.54, 1.807) is 0 Å². The molecule has 0 radical (unpaired) electrons. The van der Waals surface area contributed by atoms with Crippen LogP contribution in [0.4, 0.5) is 0 Å². The van der Waals surface area contributed by atoms with Crippen LogP contribution in [0.3, 0.4) is 0 Å². The Morgan fingerprint density at radius 2 is 2.33 bits per heavy atom. The number of hydrogen-bond acceptors (Lipinski definition) is 1. The Hall–Kier alpha value is 0.430. The molecule has 0 bridgehead atoms. The molecule has 0 saturated heterocycles. The molecule has 0 aliphatic rings. The summed E-state index contributed by atoms with van der Waals surface area (Å²) in [7, 11) is 0. The lowest BCUT2D eigenvalue weighted by Gasteiger charge is -1.91. The normalized spacial score (nSPS) is 15.7. The summed E-state index contributed by atoms with van der Waals surface area (Å²) < 4.78 is 18.2. The molecule has 5 heteroatoms. The van der Waals surface area contributed by atoms with Gasteiger partial charge in [-0.25, -0.2) is 4.21 Å². The minimum atomic E-state index is -1.77. The van der Waals surface area contributed by atoms with E-state index in [0.717, 1.165) is 0 Å². The summed E-state index contributed by atoms with van der Waals surface area (Å²) in [6, 6.07) is 0. The van der Waals surface area contributed by atoms with E-state index in [4.69, 9.17) is 27.8 Å². The second kappa shape index (κ2) is 5.23. The molecule has 1 unspecified atom stereocenters. The highest BCUT2D eigenvalue weighted by Crippen LogP contribution is 2.07. The van der Waals surface area contributed by atoms with Crippen LogP contribution in [0.5, 0.6) is 0 Å². The third-order valence-corrected chi connectivity index (χ3v) is 1.86. The van der Waals surface area contributed by atoms with Crippen molar-refractivity contribution in [3.63, 3.8) is 0 Å². The first-order chi connectivity index (χ1) is 4.16. The van der Waals surface area contributed by atoms with E-state index in [1.165, 1.54) is 5.54 Å². The highest BCUT2D eigenvalue weighted by Gasteiger charge is 1.95. The molecule has 0 spiro atoms. The van der Waals surface area contributed by atoms with Crippen molar-refractivity contribution in [3.8, 4) is 0 Å². The quantitative estimate of drug-likeness (QED) is 0.688. The van der Waals surface area contributed by atoms with Crippen molar-refractivity contribution in [1.82, 2.24) is 0 Å². The second-order valence-electron chi connectivity index (χ2n) is 1.33. The number of rotatable bonds is 3. The largest absolute Gasteiger partial charge is 0.306 e. The van der Waals surface area contributed by atoms with Gasteiger partial charge in [0, 0.05) is 10.6 Å². The van der Waals surface area contributed by atoms with Gasteiger partial charge in [0.25, 0.3) is 0 Å². The molecule has 0 saturated carbocycles. The summed E-state index contributed by atoms with van der Waals surface area (Å²) >= 11 is 8.78. The van der Waals surface area contributed by atoms with E-state index in [9.17, 15) is 4.21 Å². The van der Waals surface area contributed by atoms with Gasteiger partial charge >= 0.3 is 0 Å². The molecular weight excluding hydrogens is 183 g/mol. The molecule has 9 heavy (non-hydrogen) atoms. The molecule has 0 fully saturated rings. The zero-order valence-corrected chi connectivity index (χ0v) is 6.84. The van der Waals surface area contributed by atoms with Gasteiger partial charge in [-0.15, -0.1) is 0 Å². The maximum Gasteiger partial charge on any atom is 0.153 e. The van der Waals surface area contributed by atoms with Crippen LogP contribution >= 0.6 is 23.2 Å². The zero-order valence-electron chi connectivity index (χ0n) is 4.51. The third kappa shape index (κ3) is 6.31. The number of hydrogen-bond donors (Lipinski definition) is 1. The molecular formula is C4H6Cl2O2S. The average Bonchev–Trinajstić information content (AvgIpc) is 1.83. The Labute approximate surface area is 66.1 Å². The first kappa shape index (κ1) is 9.43. The summed E-state index contributed by atoms with van der Waals surface area (Å²) in [5, 5.41) is 0.402. The van der Waals surface area contributed by atoms with Crippen LogP contribution in [0.25, 0.3) is 0 Å². The molecule has 0 aromatic heterocycles. The fourth-order valence-electron chi connectivity index (χ4n) is 0.239. The van der Waals surface area contributed by atoms with Crippen molar-refractivity contribution in [1.29, 1.82) is 0 Å². The van der Waals surface area contributed by atoms with E-state index in [0.29, 0.717) is 11.5 Å². The van der Waals surface area contributed by atoms with Crippen molar-refractivity contribution >= 4 is 34.3 Å². The van der Waals surface area contributed by atoms with E-state index >= 15 is 0 Å². The second-order valence-corrected chi connectivity index (χ2v) is 3.09. The van der Waals surface area contributed by atoms with E-state index in [-0.39, 0.29) is 5.75 Å². The van der Waals surface area contributed by atoms with Gasteiger partial charge in [-0.1, -0.05) is 23.2 Å². The lowest BCUT2D eigenvalue weighted by atomic mass is 10.5. The Kier molecular flexibility index (Phi) is 5.48. The molecule has 0 heterocycles. The Balaban J connectivity index is 3.39. The van der Waals surface area contributed by atoms with Crippen molar-refractivity contribution in [2.45, 2.75) is 6.42 Å². The van der Waals surface area contributed by atoms with Crippen LogP contribution in [0.1, 0.15) is 6.42 Å². The molecule has 0 aromatic carbocycles. The van der Waals surface area contributed by atoms with Gasteiger partial charge in [0.05, 0.1) is 5.75 Å². The first-order valence-electron chi connectivity index (χ1n) is 2.19. The molecule has 0 aliphatic carbocycles. The third-order valence-electron chi connectivity index (χ3n) is 0.634. The molecule has 54 valence electrons. The Bertz CT molecular complexity index is 135. The van der Waals surface area contributed by atoms with E-state index in [2.05, 4.69) is 0 Å². The van der Waals surface area contributed by atoms with Gasteiger partial charge in [-0.3, -0.25) is 0 Å². The summed E-state index contributed by atoms with van der Waals surface area (Å²) in [4.78, 5) is 0. The lowest BCUT2D eigenvalue weighted by molar-refractivity contribution is 0.564. The lowest BCUT2D eigenvalue weighted by Crippen LogP contribution is -1.93. The van der Waals surface area contributed by atoms with Gasteiger partial charge in [0.15, 0.2) is 11.1 Å². The van der Waals surface area contributed by atoms with Gasteiger partial charge in [0.2, 0.25) is 0 Å². The van der Waals surface area contributed by atoms with Crippen molar-refractivity contribution in [2.24, 2.45) is 0 Å². The van der Waals surface area contributed by atoms with Crippen LogP contribution < -0.4 is 0 Å². The predicted molar refractivity (Wildman–Crippen MR) is 40.0 cm³/mol. The van der Waals surface area contributed by atoms with Gasteiger partial charge < -0.3 is 4.55 Å². The highest BCUT2D eigenvalue weighted by atomic mass is 35.5. The summed E-state index contributed by atoms with van der Waals surface area (Å²) in [5.74, 6) is 0.141. The standard InChI is InChI=1S/C4H6Cl2O2S/c5-3-4(6)1-2-9(7)8/h3H,1-2H2,(H,7,8). The molecule has 1 N–H and O–H groups in total. The van der Waals surface area contributed by atoms with Crippen LogP contribution in [0, 0.1) is 0 Å². The number of allylic oxidation sites excluding steroid dienone is 1. The average molecular weight is 189 g/mol. The highest BCUT2D eigenvalue weighted by molar-refractivity contribution is 7.79. The minimum absolute atomic E-state index is 0.141. The minimum Gasteiger partial charge on any atom is -0.306 e. The van der Waals surface area contributed by atoms with Gasteiger partial charge in [0.1, 0.15) is 0 Å². The number of halogens is 2. The fourth-order valence-corrected chi connectivity index (χ4v) is 0.950. The van der Waals surface area contributed by atoms with E-state index in [1.807, 2.05) is 0 Å². The molecule has 2 nitrogen and oxygen atoms in total. The maximum absolute atomic E-state index is 10.0. The topological polar surface area (TPSA) is 37.3 Å². The molecule has 0 aromatic rings. The Morgan fingerprint density at radius 3 is 2.67 bits per heavy atom. The summed E-state index contributed by atoms with van der Waals surface area (Å²) in [6.45, 7) is 0. The van der Waals surface area contributed by atoms with Crippen molar-refractivity contribution in [2.75, 3.05) is 5.75 Å². The zero-order chi connectivity index (χ0) is 7.28.